The number of rotatable bonds is 10. The Morgan fingerprint density at radius 3 is 2.47 bits per heavy atom. The fourth-order valence-electron chi connectivity index (χ4n) is 2.77. The van der Waals surface area contributed by atoms with Crippen LogP contribution in [-0.2, 0) is 27.5 Å². The zero-order valence-corrected chi connectivity index (χ0v) is 20.8. The first-order chi connectivity index (χ1) is 15.7. The maximum atomic E-state index is 12.9. The number of nitrogens with one attached hydrogen (secondary N) is 1. The van der Waals surface area contributed by atoms with Crippen LogP contribution in [0.5, 0.6) is 5.88 Å². The molecule has 0 fully saturated rings. The topological polar surface area (TPSA) is 90.3 Å². The summed E-state index contributed by atoms with van der Waals surface area (Å²) in [5.74, 6) is -0.632. The van der Waals surface area contributed by atoms with Crippen molar-refractivity contribution in [3.8, 4) is 5.88 Å². The molecule has 0 radical (unpaired) electrons. The van der Waals surface area contributed by atoms with Crippen molar-refractivity contribution in [3.05, 3.63) is 52.2 Å². The molecule has 0 atom stereocenters. The molecule has 0 saturated carbocycles. The SMILES string of the molecule is CC(C)CCS(=O)(=O)NC(=O)C=Cc1cc(OC(C)C)nn1Cc1ccc(C(F)(F)F)cc1Cl. The van der Waals surface area contributed by atoms with E-state index in [4.69, 9.17) is 16.3 Å². The van der Waals surface area contributed by atoms with Crippen molar-refractivity contribution in [2.45, 2.75) is 52.9 Å². The van der Waals surface area contributed by atoms with Gasteiger partial charge < -0.3 is 4.74 Å². The van der Waals surface area contributed by atoms with Gasteiger partial charge in [0, 0.05) is 17.2 Å². The van der Waals surface area contributed by atoms with Gasteiger partial charge in [-0.05, 0) is 50.0 Å². The monoisotopic (exact) mass is 521 g/mol. The highest BCUT2D eigenvalue weighted by Crippen LogP contribution is 2.32. The zero-order valence-electron chi connectivity index (χ0n) is 19.2. The van der Waals surface area contributed by atoms with Crippen molar-refractivity contribution in [2.24, 2.45) is 5.92 Å². The molecule has 0 bridgehead atoms. The van der Waals surface area contributed by atoms with Crippen LogP contribution in [0.3, 0.4) is 0 Å². The maximum Gasteiger partial charge on any atom is 0.416 e. The summed E-state index contributed by atoms with van der Waals surface area (Å²) in [6, 6.07) is 4.52. The smallest absolute Gasteiger partial charge is 0.416 e. The van der Waals surface area contributed by atoms with Crippen molar-refractivity contribution < 1.29 is 31.1 Å². The Kier molecular flexibility index (Phi) is 9.18. The van der Waals surface area contributed by atoms with Crippen LogP contribution < -0.4 is 9.46 Å². The van der Waals surface area contributed by atoms with Crippen LogP contribution in [-0.4, -0.2) is 36.0 Å². The number of carbonyl (C=O) groups excluding carboxylic acids is 1. The van der Waals surface area contributed by atoms with Crippen LogP contribution in [0, 0.1) is 5.92 Å². The summed E-state index contributed by atoms with van der Waals surface area (Å²) in [4.78, 5) is 12.2. The summed E-state index contributed by atoms with van der Waals surface area (Å²) < 4.78 is 71.7. The van der Waals surface area contributed by atoms with E-state index >= 15 is 0 Å². The minimum atomic E-state index is -4.52. The molecule has 0 aliphatic heterocycles. The molecule has 12 heteroatoms. The first-order valence-corrected chi connectivity index (χ1v) is 12.5. The Hall–Kier alpha value is -2.53. The number of sulfonamides is 1. The summed E-state index contributed by atoms with van der Waals surface area (Å²) in [6.45, 7) is 7.32. The van der Waals surface area contributed by atoms with Crippen LogP contribution in [0.2, 0.25) is 5.02 Å². The maximum absolute atomic E-state index is 12.9. The van der Waals surface area contributed by atoms with Gasteiger partial charge in [0.25, 0.3) is 5.91 Å². The van der Waals surface area contributed by atoms with Crippen LogP contribution >= 0.6 is 11.6 Å². The van der Waals surface area contributed by atoms with Gasteiger partial charge in [-0.25, -0.2) is 13.1 Å². The molecule has 0 unspecified atom stereocenters. The Morgan fingerprint density at radius 1 is 1.24 bits per heavy atom. The fourth-order valence-corrected chi connectivity index (χ4v) is 4.27. The van der Waals surface area contributed by atoms with Crippen LogP contribution in [0.4, 0.5) is 13.2 Å². The van der Waals surface area contributed by atoms with Crippen molar-refractivity contribution in [1.82, 2.24) is 14.5 Å². The van der Waals surface area contributed by atoms with Gasteiger partial charge in [-0.2, -0.15) is 13.2 Å². The van der Waals surface area contributed by atoms with E-state index in [0.29, 0.717) is 17.7 Å². The molecule has 0 aliphatic carbocycles. The quantitative estimate of drug-likeness (QED) is 0.449. The van der Waals surface area contributed by atoms with E-state index < -0.39 is 27.7 Å². The lowest BCUT2D eigenvalue weighted by atomic mass is 10.1. The van der Waals surface area contributed by atoms with Crippen molar-refractivity contribution in [1.29, 1.82) is 0 Å². The molecule has 2 aromatic rings. The number of halogens is 4. The van der Waals surface area contributed by atoms with E-state index in [1.165, 1.54) is 22.9 Å². The number of nitrogens with zero attached hydrogens (tertiary/aromatic N) is 2. The molecule has 7 nitrogen and oxygen atoms in total. The summed E-state index contributed by atoms with van der Waals surface area (Å²) in [5.41, 5.74) is -0.147. The van der Waals surface area contributed by atoms with Crippen LogP contribution in [0.25, 0.3) is 6.08 Å². The number of carbonyl (C=O) groups is 1. The number of hydrogen-bond acceptors (Lipinski definition) is 5. The summed E-state index contributed by atoms with van der Waals surface area (Å²) in [5, 5.41) is 4.17. The average molecular weight is 522 g/mol. The van der Waals surface area contributed by atoms with Gasteiger partial charge in [0.05, 0.1) is 29.7 Å². The molecule has 1 heterocycles. The Balaban J connectivity index is 2.26. The highest BCUT2D eigenvalue weighted by molar-refractivity contribution is 7.90. The number of aromatic nitrogens is 2. The lowest BCUT2D eigenvalue weighted by molar-refractivity contribution is -0.137. The van der Waals surface area contributed by atoms with Gasteiger partial charge in [0.2, 0.25) is 15.9 Å². The molecule has 1 N–H and O–H groups in total. The first-order valence-electron chi connectivity index (χ1n) is 10.5. The molecule has 1 aromatic carbocycles. The lowest BCUT2D eigenvalue weighted by Gasteiger charge is -2.11. The number of ether oxygens (including phenoxy) is 1. The Bertz CT molecular complexity index is 1140. The van der Waals surface area contributed by atoms with Crippen molar-refractivity contribution in [3.63, 3.8) is 0 Å². The zero-order chi connectivity index (χ0) is 25.7. The van der Waals surface area contributed by atoms with Crippen LogP contribution in [0.1, 0.15) is 50.9 Å². The lowest BCUT2D eigenvalue weighted by Crippen LogP contribution is -2.31. The molecule has 34 heavy (non-hydrogen) atoms. The molecular weight excluding hydrogens is 495 g/mol. The van der Waals surface area contributed by atoms with Crippen molar-refractivity contribution >= 4 is 33.6 Å². The summed E-state index contributed by atoms with van der Waals surface area (Å²) in [7, 11) is -3.78. The molecule has 1 aromatic heterocycles. The van der Waals surface area contributed by atoms with Gasteiger partial charge in [-0.15, -0.1) is 5.10 Å². The predicted octanol–water partition coefficient (Wildman–Crippen LogP) is 4.90. The van der Waals surface area contributed by atoms with E-state index in [9.17, 15) is 26.4 Å². The van der Waals surface area contributed by atoms with Gasteiger partial charge >= 0.3 is 6.18 Å². The normalized spacial score (nSPS) is 12.6. The van der Waals surface area contributed by atoms with Gasteiger partial charge in [0.1, 0.15) is 0 Å². The fraction of sp³-hybridized carbons (Fsp3) is 0.455. The van der Waals surface area contributed by atoms with E-state index in [2.05, 4.69) is 5.10 Å². The second-order valence-corrected chi connectivity index (χ2v) is 10.6. The minimum absolute atomic E-state index is 0.00753. The van der Waals surface area contributed by atoms with E-state index in [-0.39, 0.29) is 35.2 Å². The number of hydrogen-bond donors (Lipinski definition) is 1. The largest absolute Gasteiger partial charge is 0.474 e. The third kappa shape index (κ3) is 8.68. The van der Waals surface area contributed by atoms with Gasteiger partial charge in [-0.3, -0.25) is 9.48 Å². The highest BCUT2D eigenvalue weighted by atomic mass is 35.5. The Labute approximate surface area is 202 Å². The van der Waals surface area contributed by atoms with E-state index in [0.717, 1.165) is 18.2 Å². The third-order valence-electron chi connectivity index (χ3n) is 4.47. The second-order valence-electron chi connectivity index (χ2n) is 8.34. The second kappa shape index (κ2) is 11.3. The van der Waals surface area contributed by atoms with Gasteiger partial charge in [-0.1, -0.05) is 31.5 Å². The molecule has 1 amide bonds. The highest BCUT2D eigenvalue weighted by Gasteiger charge is 2.31. The molecule has 0 spiro atoms. The number of benzene rings is 1. The minimum Gasteiger partial charge on any atom is -0.474 e. The molecule has 188 valence electrons. The standard InChI is InChI=1S/C22H27ClF3N3O4S/c1-14(2)9-10-34(31,32)28-20(30)8-7-18-12-21(33-15(3)4)27-29(18)13-16-5-6-17(11-19(16)23)22(24,25)26/h5-8,11-12,14-15H,9-10,13H2,1-4H3,(H,28,30). The predicted molar refractivity (Wildman–Crippen MR) is 124 cm³/mol. The van der Waals surface area contributed by atoms with E-state index in [1.54, 1.807) is 13.8 Å². The molecule has 0 saturated heterocycles. The van der Waals surface area contributed by atoms with Gasteiger partial charge in [0.15, 0.2) is 0 Å². The molecule has 0 aliphatic rings. The van der Waals surface area contributed by atoms with E-state index in [1.807, 2.05) is 18.6 Å². The van der Waals surface area contributed by atoms with Crippen molar-refractivity contribution in [2.75, 3.05) is 5.75 Å². The average Bonchev–Trinajstić information content (AvgIpc) is 3.05. The molecule has 2 rings (SSSR count). The summed E-state index contributed by atoms with van der Waals surface area (Å²) in [6.07, 6.45) is -1.95. The number of amides is 1. The first kappa shape index (κ1) is 27.7. The molecular formula is C22H27ClF3N3O4S. The Morgan fingerprint density at radius 2 is 1.91 bits per heavy atom. The van der Waals surface area contributed by atoms with Crippen LogP contribution in [0.15, 0.2) is 30.3 Å². The summed E-state index contributed by atoms with van der Waals surface area (Å²) >= 11 is 6.06. The third-order valence-corrected chi connectivity index (χ3v) is 6.11. The number of alkyl halides is 3.